The molecule has 0 radical (unpaired) electrons. The van der Waals surface area contributed by atoms with E-state index >= 15 is 0 Å². The molecule has 1 fully saturated rings. The summed E-state index contributed by atoms with van der Waals surface area (Å²) in [6.07, 6.45) is 4.33. The molecule has 1 aromatic rings. The van der Waals surface area contributed by atoms with Crippen LogP contribution in [0, 0.1) is 10.1 Å². The lowest BCUT2D eigenvalue weighted by Crippen LogP contribution is -2.40. The molecule has 0 amide bonds. The van der Waals surface area contributed by atoms with Gasteiger partial charge < -0.3 is 10.2 Å². The van der Waals surface area contributed by atoms with Crippen LogP contribution in [0.5, 0.6) is 0 Å². The van der Waals surface area contributed by atoms with E-state index in [1.165, 1.54) is 6.42 Å². The number of aromatic nitrogens is 1. The van der Waals surface area contributed by atoms with Crippen molar-refractivity contribution in [3.8, 4) is 0 Å². The second-order valence-electron chi connectivity index (χ2n) is 5.08. The molecular weight excluding hydrogens is 256 g/mol. The maximum Gasteiger partial charge on any atom is 0.311 e. The number of nitrogens with one attached hydrogen (secondary N) is 1. The van der Waals surface area contributed by atoms with Gasteiger partial charge in [-0.1, -0.05) is 6.92 Å². The average Bonchev–Trinajstić information content (AvgIpc) is 2.47. The van der Waals surface area contributed by atoms with Crippen molar-refractivity contribution in [1.29, 1.82) is 0 Å². The number of piperidine rings is 1. The van der Waals surface area contributed by atoms with Crippen LogP contribution in [0.1, 0.15) is 39.5 Å². The first kappa shape index (κ1) is 14.6. The maximum absolute atomic E-state index is 11.2. The lowest BCUT2D eigenvalue weighted by atomic mass is 10.00. The number of hydrogen-bond acceptors (Lipinski definition) is 5. The van der Waals surface area contributed by atoms with Gasteiger partial charge in [0.15, 0.2) is 0 Å². The molecule has 0 saturated carbocycles. The van der Waals surface area contributed by atoms with Gasteiger partial charge in [0.05, 0.1) is 4.92 Å². The first-order valence-electron chi connectivity index (χ1n) is 7.33. The van der Waals surface area contributed by atoms with Gasteiger partial charge in [0.25, 0.3) is 0 Å². The zero-order valence-corrected chi connectivity index (χ0v) is 12.1. The predicted octanol–water partition coefficient (Wildman–Crippen LogP) is 3.19. The molecule has 1 aliphatic heterocycles. The Hall–Kier alpha value is -1.85. The van der Waals surface area contributed by atoms with E-state index in [4.69, 9.17) is 0 Å². The van der Waals surface area contributed by atoms with Crippen molar-refractivity contribution in [3.63, 3.8) is 0 Å². The van der Waals surface area contributed by atoms with Crippen molar-refractivity contribution >= 4 is 17.3 Å². The van der Waals surface area contributed by atoms with Crippen LogP contribution < -0.4 is 10.2 Å². The topological polar surface area (TPSA) is 71.3 Å². The molecule has 110 valence electrons. The average molecular weight is 278 g/mol. The highest BCUT2D eigenvalue weighted by Crippen LogP contribution is 2.33. The summed E-state index contributed by atoms with van der Waals surface area (Å²) in [6, 6.07) is 3.59. The fourth-order valence-corrected chi connectivity index (χ4v) is 2.78. The van der Waals surface area contributed by atoms with Gasteiger partial charge >= 0.3 is 5.69 Å². The smallest absolute Gasteiger partial charge is 0.311 e. The monoisotopic (exact) mass is 278 g/mol. The van der Waals surface area contributed by atoms with Crippen LogP contribution in [0.2, 0.25) is 0 Å². The van der Waals surface area contributed by atoms with Crippen LogP contribution in [0.15, 0.2) is 12.1 Å². The molecule has 2 rings (SSSR count). The molecule has 2 heterocycles. The molecule has 6 nitrogen and oxygen atoms in total. The second-order valence-corrected chi connectivity index (χ2v) is 5.08. The molecule has 1 saturated heterocycles. The zero-order valence-electron chi connectivity index (χ0n) is 12.1. The lowest BCUT2D eigenvalue weighted by Gasteiger charge is -2.35. The van der Waals surface area contributed by atoms with E-state index in [1.807, 2.05) is 6.92 Å². The van der Waals surface area contributed by atoms with Crippen molar-refractivity contribution in [3.05, 3.63) is 22.2 Å². The van der Waals surface area contributed by atoms with Gasteiger partial charge in [0, 0.05) is 25.2 Å². The number of nitrogens with zero attached hydrogens (tertiary/aromatic N) is 3. The van der Waals surface area contributed by atoms with Crippen LogP contribution in [-0.2, 0) is 0 Å². The molecular formula is C14H22N4O2. The van der Waals surface area contributed by atoms with E-state index in [1.54, 1.807) is 12.1 Å². The fraction of sp³-hybridized carbons (Fsp3) is 0.643. The number of rotatable bonds is 5. The Morgan fingerprint density at radius 1 is 1.45 bits per heavy atom. The van der Waals surface area contributed by atoms with Crippen molar-refractivity contribution in [2.24, 2.45) is 0 Å². The summed E-state index contributed by atoms with van der Waals surface area (Å²) in [5.74, 6) is 1.22. The van der Waals surface area contributed by atoms with Crippen LogP contribution in [-0.4, -0.2) is 29.0 Å². The molecule has 0 aliphatic carbocycles. The highest BCUT2D eigenvalue weighted by Gasteiger charge is 2.28. The number of anilines is 2. The van der Waals surface area contributed by atoms with E-state index in [2.05, 4.69) is 22.1 Å². The van der Waals surface area contributed by atoms with Crippen molar-refractivity contribution < 1.29 is 4.92 Å². The molecule has 1 N–H and O–H groups in total. The van der Waals surface area contributed by atoms with Crippen LogP contribution in [0.25, 0.3) is 0 Å². The van der Waals surface area contributed by atoms with E-state index in [9.17, 15) is 10.1 Å². The third kappa shape index (κ3) is 3.00. The van der Waals surface area contributed by atoms with E-state index in [-0.39, 0.29) is 10.6 Å². The van der Waals surface area contributed by atoms with Gasteiger partial charge in [-0.15, -0.1) is 0 Å². The lowest BCUT2D eigenvalue weighted by molar-refractivity contribution is -0.384. The maximum atomic E-state index is 11.2. The Bertz CT molecular complexity index is 478. The van der Waals surface area contributed by atoms with Crippen molar-refractivity contribution in [2.45, 2.75) is 45.6 Å². The summed E-state index contributed by atoms with van der Waals surface area (Å²) >= 11 is 0. The first-order valence-corrected chi connectivity index (χ1v) is 7.33. The summed E-state index contributed by atoms with van der Waals surface area (Å²) < 4.78 is 0. The van der Waals surface area contributed by atoms with Gasteiger partial charge in [-0.2, -0.15) is 0 Å². The zero-order chi connectivity index (χ0) is 14.5. The summed E-state index contributed by atoms with van der Waals surface area (Å²) in [7, 11) is 0. The summed E-state index contributed by atoms with van der Waals surface area (Å²) in [4.78, 5) is 17.5. The van der Waals surface area contributed by atoms with Gasteiger partial charge in [-0.05, 0) is 38.7 Å². The molecule has 1 aromatic heterocycles. The minimum atomic E-state index is -0.334. The molecule has 1 atom stereocenters. The van der Waals surface area contributed by atoms with Gasteiger partial charge in [-0.3, -0.25) is 10.1 Å². The van der Waals surface area contributed by atoms with Gasteiger partial charge in [0.2, 0.25) is 5.82 Å². The van der Waals surface area contributed by atoms with Crippen LogP contribution in [0.4, 0.5) is 17.3 Å². The quantitative estimate of drug-likeness (QED) is 0.661. The number of nitro groups is 1. The Morgan fingerprint density at radius 3 is 2.90 bits per heavy atom. The molecule has 0 aromatic carbocycles. The summed E-state index contributed by atoms with van der Waals surface area (Å²) in [5, 5.41) is 14.4. The fourth-order valence-electron chi connectivity index (χ4n) is 2.78. The van der Waals surface area contributed by atoms with Crippen molar-refractivity contribution in [2.75, 3.05) is 23.3 Å². The Balaban J connectivity index is 2.39. The molecule has 1 aliphatic rings. The van der Waals surface area contributed by atoms with E-state index < -0.39 is 0 Å². The minimum absolute atomic E-state index is 0.104. The molecule has 0 bridgehead atoms. The molecule has 0 spiro atoms. The third-order valence-electron chi connectivity index (χ3n) is 3.78. The van der Waals surface area contributed by atoms with E-state index in [0.717, 1.165) is 32.4 Å². The second kappa shape index (κ2) is 6.54. The number of pyridine rings is 1. The summed E-state index contributed by atoms with van der Waals surface area (Å²) in [5.41, 5.74) is 0.104. The van der Waals surface area contributed by atoms with Gasteiger partial charge in [0.1, 0.15) is 5.82 Å². The molecule has 6 heteroatoms. The highest BCUT2D eigenvalue weighted by atomic mass is 16.6. The Labute approximate surface area is 119 Å². The van der Waals surface area contributed by atoms with Crippen molar-refractivity contribution in [1.82, 2.24) is 4.98 Å². The van der Waals surface area contributed by atoms with E-state index in [0.29, 0.717) is 17.7 Å². The Kier molecular flexibility index (Phi) is 4.76. The standard InChI is InChI=1S/C14H22N4O2/c1-3-11-7-5-6-10-17(11)14-12(18(19)20)8-9-13(16-14)15-4-2/h8-9,11H,3-7,10H2,1-2H3,(H,15,16). The predicted molar refractivity (Wildman–Crippen MR) is 80.3 cm³/mol. The van der Waals surface area contributed by atoms with Crippen LogP contribution in [0.3, 0.4) is 0 Å². The Morgan fingerprint density at radius 2 is 2.25 bits per heavy atom. The molecule has 1 unspecified atom stereocenters. The van der Waals surface area contributed by atoms with Gasteiger partial charge in [-0.25, -0.2) is 4.98 Å². The largest absolute Gasteiger partial charge is 0.370 e. The third-order valence-corrected chi connectivity index (χ3v) is 3.78. The minimum Gasteiger partial charge on any atom is -0.370 e. The normalized spacial score (nSPS) is 18.9. The first-order chi connectivity index (χ1) is 9.67. The SMILES string of the molecule is CCNc1ccc([N+](=O)[O-])c(N2CCCCC2CC)n1. The number of hydrogen-bond donors (Lipinski definition) is 1. The molecule has 20 heavy (non-hydrogen) atoms. The highest BCUT2D eigenvalue weighted by molar-refractivity contribution is 5.62. The summed E-state index contributed by atoms with van der Waals surface area (Å²) in [6.45, 7) is 5.71. The van der Waals surface area contributed by atoms with Crippen LogP contribution >= 0.6 is 0 Å².